The Morgan fingerprint density at radius 3 is 2.82 bits per heavy atom. The number of hydrogen-bond donors (Lipinski definition) is 0. The summed E-state index contributed by atoms with van der Waals surface area (Å²) in [6.45, 7) is 2.18. The van der Waals surface area contributed by atoms with Crippen LogP contribution >= 0.6 is 27.3 Å². The number of benzene rings is 1. The maximum Gasteiger partial charge on any atom is 0.348 e. The molecule has 1 heterocycles. The molecular formula is C12H11BrO3S. The molecule has 0 saturated carbocycles. The van der Waals surface area contributed by atoms with Crippen molar-refractivity contribution in [2.45, 2.75) is 6.92 Å². The SMILES string of the molecule is CCOC(=O)c1cc2c(Br)cc(OC)cc2s1. The van der Waals surface area contributed by atoms with E-state index in [-0.39, 0.29) is 5.97 Å². The summed E-state index contributed by atoms with van der Waals surface area (Å²) in [5.41, 5.74) is 0. The minimum absolute atomic E-state index is 0.278. The zero-order valence-corrected chi connectivity index (χ0v) is 11.9. The molecule has 0 radical (unpaired) electrons. The van der Waals surface area contributed by atoms with E-state index in [9.17, 15) is 4.79 Å². The van der Waals surface area contributed by atoms with Crippen LogP contribution in [0.15, 0.2) is 22.7 Å². The van der Waals surface area contributed by atoms with E-state index < -0.39 is 0 Å². The van der Waals surface area contributed by atoms with E-state index in [1.165, 1.54) is 11.3 Å². The predicted octanol–water partition coefficient (Wildman–Crippen LogP) is 3.85. The molecule has 0 atom stereocenters. The zero-order valence-electron chi connectivity index (χ0n) is 9.45. The first-order valence-corrected chi connectivity index (χ1v) is 6.71. The topological polar surface area (TPSA) is 35.5 Å². The van der Waals surface area contributed by atoms with Crippen LogP contribution in [0.5, 0.6) is 5.75 Å². The maximum atomic E-state index is 11.6. The molecule has 0 bridgehead atoms. The summed E-state index contributed by atoms with van der Waals surface area (Å²) < 4.78 is 12.1. The molecule has 2 aromatic rings. The lowest BCUT2D eigenvalue weighted by Crippen LogP contribution is -2.01. The lowest BCUT2D eigenvalue weighted by atomic mass is 10.2. The highest BCUT2D eigenvalue weighted by molar-refractivity contribution is 9.10. The number of rotatable bonds is 3. The van der Waals surface area contributed by atoms with Crippen molar-refractivity contribution in [2.24, 2.45) is 0 Å². The molecular weight excluding hydrogens is 304 g/mol. The van der Waals surface area contributed by atoms with Gasteiger partial charge in [0.2, 0.25) is 0 Å². The standard InChI is InChI=1S/C12H11BrO3S/c1-3-16-12(14)11-6-8-9(13)4-7(15-2)5-10(8)17-11/h4-6H,3H2,1-2H3. The fraction of sp³-hybridized carbons (Fsp3) is 0.250. The molecule has 5 heteroatoms. The van der Waals surface area contributed by atoms with Crippen molar-refractivity contribution in [1.82, 2.24) is 0 Å². The van der Waals surface area contributed by atoms with E-state index in [1.807, 2.05) is 18.2 Å². The van der Waals surface area contributed by atoms with Gasteiger partial charge in [-0.25, -0.2) is 4.79 Å². The van der Waals surface area contributed by atoms with Gasteiger partial charge in [0.15, 0.2) is 0 Å². The van der Waals surface area contributed by atoms with Gasteiger partial charge in [0.05, 0.1) is 13.7 Å². The van der Waals surface area contributed by atoms with E-state index in [0.717, 1.165) is 20.3 Å². The van der Waals surface area contributed by atoms with Crippen LogP contribution in [-0.2, 0) is 4.74 Å². The predicted molar refractivity (Wildman–Crippen MR) is 72.0 cm³/mol. The minimum Gasteiger partial charge on any atom is -0.497 e. The summed E-state index contributed by atoms with van der Waals surface area (Å²) in [6.07, 6.45) is 0. The molecule has 0 N–H and O–H groups in total. The number of methoxy groups -OCH3 is 1. The lowest BCUT2D eigenvalue weighted by molar-refractivity contribution is 0.0532. The van der Waals surface area contributed by atoms with Gasteiger partial charge in [0.25, 0.3) is 0 Å². The third-order valence-corrected chi connectivity index (χ3v) is 3.99. The number of carbonyl (C=O) groups excluding carboxylic acids is 1. The van der Waals surface area contributed by atoms with Crippen molar-refractivity contribution >= 4 is 43.3 Å². The Morgan fingerprint density at radius 1 is 1.41 bits per heavy atom. The molecule has 0 spiro atoms. The van der Waals surface area contributed by atoms with Gasteiger partial charge >= 0.3 is 5.97 Å². The second kappa shape index (κ2) is 5.06. The molecule has 0 fully saturated rings. The fourth-order valence-electron chi connectivity index (χ4n) is 1.49. The van der Waals surface area contributed by atoms with Gasteiger partial charge in [-0.15, -0.1) is 11.3 Å². The van der Waals surface area contributed by atoms with Crippen LogP contribution in [0.1, 0.15) is 16.6 Å². The largest absolute Gasteiger partial charge is 0.497 e. The Kier molecular flexibility index (Phi) is 3.69. The van der Waals surface area contributed by atoms with E-state index in [2.05, 4.69) is 15.9 Å². The van der Waals surface area contributed by atoms with E-state index >= 15 is 0 Å². The quantitative estimate of drug-likeness (QED) is 0.807. The number of hydrogen-bond acceptors (Lipinski definition) is 4. The highest BCUT2D eigenvalue weighted by Crippen LogP contribution is 2.35. The van der Waals surface area contributed by atoms with Crippen molar-refractivity contribution in [3.8, 4) is 5.75 Å². The molecule has 3 nitrogen and oxygen atoms in total. The molecule has 0 aliphatic heterocycles. The zero-order chi connectivity index (χ0) is 12.4. The second-order valence-electron chi connectivity index (χ2n) is 3.35. The lowest BCUT2D eigenvalue weighted by Gasteiger charge is -2.00. The summed E-state index contributed by atoms with van der Waals surface area (Å²) in [5.74, 6) is 0.487. The molecule has 0 saturated heterocycles. The average Bonchev–Trinajstić information content (AvgIpc) is 2.73. The molecule has 0 aliphatic rings. The summed E-state index contributed by atoms with van der Waals surface area (Å²) >= 11 is 4.87. The molecule has 0 unspecified atom stereocenters. The number of esters is 1. The maximum absolute atomic E-state index is 11.6. The van der Waals surface area contributed by atoms with Gasteiger partial charge in [-0.05, 0) is 41.1 Å². The van der Waals surface area contributed by atoms with E-state index in [1.54, 1.807) is 14.0 Å². The number of ether oxygens (including phenoxy) is 2. The summed E-state index contributed by atoms with van der Waals surface area (Å²) in [6, 6.07) is 5.62. The Balaban J connectivity index is 2.49. The molecule has 1 aromatic carbocycles. The molecule has 0 aliphatic carbocycles. The van der Waals surface area contributed by atoms with Crippen molar-refractivity contribution in [2.75, 3.05) is 13.7 Å². The van der Waals surface area contributed by atoms with Crippen molar-refractivity contribution in [3.63, 3.8) is 0 Å². The highest BCUT2D eigenvalue weighted by Gasteiger charge is 2.13. The first-order valence-electron chi connectivity index (χ1n) is 5.10. The van der Waals surface area contributed by atoms with Crippen molar-refractivity contribution in [1.29, 1.82) is 0 Å². The first-order chi connectivity index (χ1) is 8.15. The number of carbonyl (C=O) groups is 1. The van der Waals surface area contributed by atoms with Crippen LogP contribution in [0.3, 0.4) is 0 Å². The Hall–Kier alpha value is -1.07. The summed E-state index contributed by atoms with van der Waals surface area (Å²) in [7, 11) is 1.62. The van der Waals surface area contributed by atoms with Crippen LogP contribution < -0.4 is 4.74 Å². The highest BCUT2D eigenvalue weighted by atomic mass is 79.9. The molecule has 90 valence electrons. The van der Waals surface area contributed by atoms with Gasteiger partial charge in [-0.2, -0.15) is 0 Å². The first kappa shape index (κ1) is 12.4. The van der Waals surface area contributed by atoms with Crippen LogP contribution in [0, 0.1) is 0 Å². The van der Waals surface area contributed by atoms with Crippen LogP contribution in [-0.4, -0.2) is 19.7 Å². The van der Waals surface area contributed by atoms with Crippen LogP contribution in [0.2, 0.25) is 0 Å². The van der Waals surface area contributed by atoms with Gasteiger partial charge in [-0.3, -0.25) is 0 Å². The van der Waals surface area contributed by atoms with Gasteiger partial charge in [-0.1, -0.05) is 0 Å². The van der Waals surface area contributed by atoms with Gasteiger partial charge < -0.3 is 9.47 Å². The van der Waals surface area contributed by atoms with Crippen molar-refractivity contribution < 1.29 is 14.3 Å². The molecule has 2 rings (SSSR count). The number of thiophene rings is 1. The summed E-state index contributed by atoms with van der Waals surface area (Å²) in [4.78, 5) is 12.2. The summed E-state index contributed by atoms with van der Waals surface area (Å²) in [5, 5.41) is 0.999. The average molecular weight is 315 g/mol. The Labute approximate surface area is 111 Å². The van der Waals surface area contributed by atoms with Crippen LogP contribution in [0.25, 0.3) is 10.1 Å². The molecule has 17 heavy (non-hydrogen) atoms. The Morgan fingerprint density at radius 2 is 2.18 bits per heavy atom. The second-order valence-corrected chi connectivity index (χ2v) is 5.29. The molecule has 0 amide bonds. The normalized spacial score (nSPS) is 10.5. The van der Waals surface area contributed by atoms with Gasteiger partial charge in [0, 0.05) is 14.6 Å². The monoisotopic (exact) mass is 314 g/mol. The van der Waals surface area contributed by atoms with E-state index in [0.29, 0.717) is 11.5 Å². The minimum atomic E-state index is -0.278. The number of fused-ring (bicyclic) bond motifs is 1. The fourth-order valence-corrected chi connectivity index (χ4v) is 3.19. The van der Waals surface area contributed by atoms with E-state index in [4.69, 9.17) is 9.47 Å². The third kappa shape index (κ3) is 2.45. The Bertz CT molecular complexity index is 562. The van der Waals surface area contributed by atoms with Crippen LogP contribution in [0.4, 0.5) is 0 Å². The van der Waals surface area contributed by atoms with Crippen molar-refractivity contribution in [3.05, 3.63) is 27.5 Å². The smallest absolute Gasteiger partial charge is 0.348 e. The van der Waals surface area contributed by atoms with Gasteiger partial charge in [0.1, 0.15) is 10.6 Å². The third-order valence-electron chi connectivity index (χ3n) is 2.27. The number of halogens is 1. The molecule has 1 aromatic heterocycles.